The van der Waals surface area contributed by atoms with Crippen molar-refractivity contribution in [1.29, 1.82) is 0 Å². The number of Topliss-reactive ketones (excluding diaryl/α,β-unsaturated/α-hetero) is 1. The standard InChI is InChI=1S/C20H17FN2O4S/c1-12(18(25)13-7-9-14(21)10-8-13)28-20-22-16-6-4-3-5-15(16)19(26)23(20)11-17(24)27-2/h3-10,12H,11H2,1-2H3/t12-/m1/s1. The molecule has 1 aromatic heterocycles. The van der Waals surface area contributed by atoms with E-state index in [4.69, 9.17) is 0 Å². The third kappa shape index (κ3) is 4.12. The molecule has 3 aromatic rings. The Kier molecular flexibility index (Phi) is 5.89. The van der Waals surface area contributed by atoms with Crippen LogP contribution in [0.2, 0.25) is 0 Å². The second kappa shape index (κ2) is 8.35. The molecule has 1 atom stereocenters. The number of hydrogen-bond acceptors (Lipinski definition) is 6. The first kappa shape index (κ1) is 19.8. The molecule has 6 nitrogen and oxygen atoms in total. The summed E-state index contributed by atoms with van der Waals surface area (Å²) < 4.78 is 19.0. The molecular formula is C20H17FN2O4S. The van der Waals surface area contributed by atoms with E-state index in [9.17, 15) is 18.8 Å². The van der Waals surface area contributed by atoms with Crippen molar-refractivity contribution in [2.45, 2.75) is 23.9 Å². The summed E-state index contributed by atoms with van der Waals surface area (Å²) in [5.41, 5.74) is 0.432. The van der Waals surface area contributed by atoms with Crippen molar-refractivity contribution in [1.82, 2.24) is 9.55 Å². The predicted octanol–water partition coefficient (Wildman–Crippen LogP) is 3.07. The van der Waals surface area contributed by atoms with E-state index >= 15 is 0 Å². The zero-order valence-electron chi connectivity index (χ0n) is 15.2. The smallest absolute Gasteiger partial charge is 0.325 e. The van der Waals surface area contributed by atoms with Crippen LogP contribution in [0.1, 0.15) is 17.3 Å². The average Bonchev–Trinajstić information content (AvgIpc) is 2.70. The molecule has 0 fully saturated rings. The maximum absolute atomic E-state index is 13.1. The van der Waals surface area contributed by atoms with E-state index in [1.807, 2.05) is 0 Å². The monoisotopic (exact) mass is 400 g/mol. The maximum atomic E-state index is 13.1. The number of esters is 1. The molecule has 144 valence electrons. The van der Waals surface area contributed by atoms with Crippen LogP contribution in [0.4, 0.5) is 4.39 Å². The Labute approximate surface area is 164 Å². The molecule has 0 amide bonds. The van der Waals surface area contributed by atoms with Crippen LogP contribution in [-0.2, 0) is 16.1 Å². The van der Waals surface area contributed by atoms with Gasteiger partial charge < -0.3 is 4.74 Å². The second-order valence-corrected chi connectivity index (χ2v) is 7.32. The summed E-state index contributed by atoms with van der Waals surface area (Å²) in [6, 6.07) is 12.0. The highest BCUT2D eigenvalue weighted by molar-refractivity contribution is 8.00. The lowest BCUT2D eigenvalue weighted by molar-refractivity contribution is -0.141. The Hall–Kier alpha value is -3.00. The molecule has 0 spiro atoms. The first-order valence-electron chi connectivity index (χ1n) is 8.43. The molecule has 0 aliphatic rings. The molecule has 0 saturated carbocycles. The van der Waals surface area contributed by atoms with Crippen LogP contribution in [0.15, 0.2) is 58.5 Å². The molecule has 8 heteroatoms. The van der Waals surface area contributed by atoms with Gasteiger partial charge in [-0.2, -0.15) is 0 Å². The summed E-state index contributed by atoms with van der Waals surface area (Å²) in [4.78, 5) is 41.7. The van der Waals surface area contributed by atoms with Gasteiger partial charge in [0.2, 0.25) is 0 Å². The number of nitrogens with zero attached hydrogens (tertiary/aromatic N) is 2. The molecule has 0 bridgehead atoms. The van der Waals surface area contributed by atoms with Gasteiger partial charge in [0.05, 0.1) is 23.3 Å². The first-order chi connectivity index (χ1) is 13.4. The number of hydrogen-bond donors (Lipinski definition) is 0. The lowest BCUT2D eigenvalue weighted by atomic mass is 10.1. The molecular weight excluding hydrogens is 383 g/mol. The molecule has 0 unspecified atom stereocenters. The van der Waals surface area contributed by atoms with Gasteiger partial charge in [0.25, 0.3) is 5.56 Å². The van der Waals surface area contributed by atoms with Crippen LogP contribution < -0.4 is 5.56 Å². The fourth-order valence-corrected chi connectivity index (χ4v) is 3.62. The lowest BCUT2D eigenvalue weighted by Gasteiger charge is -2.15. The normalized spacial score (nSPS) is 12.0. The molecule has 0 aliphatic carbocycles. The summed E-state index contributed by atoms with van der Waals surface area (Å²) in [6.45, 7) is 1.35. The number of halogens is 1. The van der Waals surface area contributed by atoms with Crippen molar-refractivity contribution in [2.24, 2.45) is 0 Å². The van der Waals surface area contributed by atoms with E-state index in [0.717, 1.165) is 11.8 Å². The van der Waals surface area contributed by atoms with Gasteiger partial charge in [0.15, 0.2) is 10.9 Å². The number of methoxy groups -OCH3 is 1. The maximum Gasteiger partial charge on any atom is 0.325 e. The third-order valence-electron chi connectivity index (χ3n) is 4.12. The van der Waals surface area contributed by atoms with Crippen molar-refractivity contribution >= 4 is 34.4 Å². The summed E-state index contributed by atoms with van der Waals surface area (Å²) in [5.74, 6) is -1.27. The Morgan fingerprint density at radius 3 is 2.54 bits per heavy atom. The largest absolute Gasteiger partial charge is 0.468 e. The van der Waals surface area contributed by atoms with E-state index in [-0.39, 0.29) is 23.0 Å². The van der Waals surface area contributed by atoms with Crippen molar-refractivity contribution in [3.05, 3.63) is 70.3 Å². The molecule has 1 heterocycles. The number of carbonyl (C=O) groups is 2. The number of carbonyl (C=O) groups excluding carboxylic acids is 2. The van der Waals surface area contributed by atoms with Crippen LogP contribution in [0.25, 0.3) is 10.9 Å². The summed E-state index contributed by atoms with van der Waals surface area (Å²) in [7, 11) is 1.23. The third-order valence-corrected chi connectivity index (χ3v) is 5.21. The Morgan fingerprint density at radius 1 is 1.18 bits per heavy atom. The second-order valence-electron chi connectivity index (χ2n) is 6.01. The summed E-state index contributed by atoms with van der Waals surface area (Å²) in [5, 5.41) is -0.00671. The number of para-hydroxylation sites is 1. The minimum absolute atomic E-state index is 0.233. The number of fused-ring (bicyclic) bond motifs is 1. The highest BCUT2D eigenvalue weighted by atomic mass is 32.2. The number of ketones is 1. The number of aromatic nitrogens is 2. The van der Waals surface area contributed by atoms with Gasteiger partial charge >= 0.3 is 5.97 Å². The zero-order chi connectivity index (χ0) is 20.3. The molecule has 3 rings (SSSR count). The minimum atomic E-state index is -0.609. The Balaban J connectivity index is 1.99. The van der Waals surface area contributed by atoms with Gasteiger partial charge in [0.1, 0.15) is 12.4 Å². The SMILES string of the molecule is COC(=O)Cn1c(S[C@H](C)C(=O)c2ccc(F)cc2)nc2ccccc2c1=O. The van der Waals surface area contributed by atoms with E-state index < -0.39 is 17.0 Å². The fourth-order valence-electron chi connectivity index (χ4n) is 2.63. The zero-order valence-corrected chi connectivity index (χ0v) is 16.0. The summed E-state index contributed by atoms with van der Waals surface area (Å²) >= 11 is 1.06. The lowest BCUT2D eigenvalue weighted by Crippen LogP contribution is -2.28. The van der Waals surface area contributed by atoms with Crippen LogP contribution >= 0.6 is 11.8 Å². The topological polar surface area (TPSA) is 78.3 Å². The number of thioether (sulfide) groups is 1. The van der Waals surface area contributed by atoms with Gasteiger partial charge in [-0.1, -0.05) is 23.9 Å². The molecule has 2 aromatic carbocycles. The molecule has 0 N–H and O–H groups in total. The van der Waals surface area contributed by atoms with Crippen molar-refractivity contribution in [2.75, 3.05) is 7.11 Å². The average molecular weight is 400 g/mol. The van der Waals surface area contributed by atoms with Gasteiger partial charge in [-0.25, -0.2) is 9.37 Å². The summed E-state index contributed by atoms with van der Waals surface area (Å²) in [6.07, 6.45) is 0. The minimum Gasteiger partial charge on any atom is -0.468 e. The highest BCUT2D eigenvalue weighted by Gasteiger charge is 2.21. The van der Waals surface area contributed by atoms with Crippen LogP contribution in [0.3, 0.4) is 0 Å². The van der Waals surface area contributed by atoms with Gasteiger partial charge in [-0.05, 0) is 43.3 Å². The highest BCUT2D eigenvalue weighted by Crippen LogP contribution is 2.25. The Morgan fingerprint density at radius 2 is 1.86 bits per heavy atom. The number of benzene rings is 2. The van der Waals surface area contributed by atoms with E-state index in [2.05, 4.69) is 9.72 Å². The van der Waals surface area contributed by atoms with Crippen molar-refractivity contribution in [3.63, 3.8) is 0 Å². The van der Waals surface area contributed by atoms with Gasteiger partial charge in [0, 0.05) is 5.56 Å². The van der Waals surface area contributed by atoms with Crippen LogP contribution in [0, 0.1) is 5.82 Å². The van der Waals surface area contributed by atoms with E-state index in [1.165, 1.54) is 35.9 Å². The van der Waals surface area contributed by atoms with Crippen molar-refractivity contribution < 1.29 is 18.7 Å². The van der Waals surface area contributed by atoms with Crippen molar-refractivity contribution in [3.8, 4) is 0 Å². The quantitative estimate of drug-likeness (QED) is 0.274. The van der Waals surface area contributed by atoms with E-state index in [0.29, 0.717) is 16.5 Å². The van der Waals surface area contributed by atoms with Gasteiger partial charge in [-0.3, -0.25) is 19.0 Å². The Bertz CT molecular complexity index is 1100. The van der Waals surface area contributed by atoms with Crippen LogP contribution in [-0.4, -0.2) is 33.7 Å². The fraction of sp³-hybridized carbons (Fsp3) is 0.200. The number of ether oxygens (including phenoxy) is 1. The molecule has 28 heavy (non-hydrogen) atoms. The molecule has 0 aliphatic heterocycles. The first-order valence-corrected chi connectivity index (χ1v) is 9.31. The van der Waals surface area contributed by atoms with E-state index in [1.54, 1.807) is 31.2 Å². The number of rotatable bonds is 6. The van der Waals surface area contributed by atoms with Crippen LogP contribution in [0.5, 0.6) is 0 Å². The molecule has 0 radical (unpaired) electrons. The predicted molar refractivity (Wildman–Crippen MR) is 104 cm³/mol. The van der Waals surface area contributed by atoms with Gasteiger partial charge in [-0.15, -0.1) is 0 Å². The molecule has 0 saturated heterocycles.